The first-order chi connectivity index (χ1) is 8.66. The molecule has 6 heteroatoms. The van der Waals surface area contributed by atoms with Crippen LogP contribution in [0.2, 0.25) is 5.15 Å². The van der Waals surface area contributed by atoms with Crippen molar-refractivity contribution in [2.75, 3.05) is 6.54 Å². The van der Waals surface area contributed by atoms with E-state index in [9.17, 15) is 9.59 Å². The first-order valence-corrected chi connectivity index (χ1v) is 5.90. The van der Waals surface area contributed by atoms with Crippen LogP contribution in [0.15, 0.2) is 30.5 Å². The van der Waals surface area contributed by atoms with Gasteiger partial charge in [-0.15, -0.1) is 0 Å². The van der Waals surface area contributed by atoms with Crippen LogP contribution in [0.1, 0.15) is 16.8 Å². The summed E-state index contributed by atoms with van der Waals surface area (Å²) in [6.45, 7) is 0.634. The number of hydrogen-bond acceptors (Lipinski definition) is 4. The van der Waals surface area contributed by atoms with Gasteiger partial charge in [-0.25, -0.2) is 4.98 Å². The second kappa shape index (κ2) is 5.75. The van der Waals surface area contributed by atoms with Gasteiger partial charge in [0.05, 0.1) is 11.6 Å². The van der Waals surface area contributed by atoms with Crippen molar-refractivity contribution in [1.82, 2.24) is 15.6 Å². The van der Waals surface area contributed by atoms with Gasteiger partial charge >= 0.3 is 0 Å². The fourth-order valence-corrected chi connectivity index (χ4v) is 1.70. The van der Waals surface area contributed by atoms with Gasteiger partial charge in [0.25, 0.3) is 5.91 Å². The van der Waals surface area contributed by atoms with Crippen molar-refractivity contribution in [3.63, 3.8) is 0 Å². The number of imide groups is 1. The summed E-state index contributed by atoms with van der Waals surface area (Å²) >= 11 is 5.62. The number of hydrogen-bond donors (Lipinski definition) is 2. The number of halogens is 1. The molecule has 1 aliphatic heterocycles. The molecule has 0 radical (unpaired) electrons. The van der Waals surface area contributed by atoms with Gasteiger partial charge in [0.2, 0.25) is 5.91 Å². The van der Waals surface area contributed by atoms with Crippen LogP contribution >= 0.6 is 11.6 Å². The second-order valence-electron chi connectivity index (χ2n) is 3.86. The highest BCUT2D eigenvalue weighted by Gasteiger charge is 2.20. The molecule has 18 heavy (non-hydrogen) atoms. The molecule has 0 spiro atoms. The molecule has 1 aromatic rings. The number of pyridine rings is 1. The molecular formula is C12H12ClN3O2. The monoisotopic (exact) mass is 265 g/mol. The number of nitrogens with one attached hydrogen (secondary N) is 2. The van der Waals surface area contributed by atoms with Gasteiger partial charge in [-0.05, 0) is 18.6 Å². The zero-order chi connectivity index (χ0) is 13.0. The predicted octanol–water partition coefficient (Wildman–Crippen LogP) is 0.909. The molecular weight excluding hydrogens is 254 g/mol. The van der Waals surface area contributed by atoms with Gasteiger partial charge in [-0.1, -0.05) is 23.8 Å². The lowest BCUT2D eigenvalue weighted by atomic mass is 10.1. The molecule has 0 fully saturated rings. The molecule has 2 N–H and O–H groups in total. The first-order valence-electron chi connectivity index (χ1n) is 5.52. The molecule has 0 bridgehead atoms. The summed E-state index contributed by atoms with van der Waals surface area (Å²) in [4.78, 5) is 27.3. The minimum absolute atomic E-state index is 0.303. The number of carbonyl (C=O) groups is 2. The van der Waals surface area contributed by atoms with Gasteiger partial charge in [0, 0.05) is 12.7 Å². The minimum Gasteiger partial charge on any atom is -0.302 e. The Morgan fingerprint density at radius 3 is 2.83 bits per heavy atom. The minimum atomic E-state index is -0.472. The summed E-state index contributed by atoms with van der Waals surface area (Å²) in [5, 5.41) is 5.63. The lowest BCUT2D eigenvalue weighted by Gasteiger charge is -2.18. The Morgan fingerprint density at radius 2 is 2.22 bits per heavy atom. The van der Waals surface area contributed by atoms with Crippen molar-refractivity contribution in [1.29, 1.82) is 0 Å². The van der Waals surface area contributed by atoms with Crippen molar-refractivity contribution in [3.05, 3.63) is 41.2 Å². The predicted molar refractivity (Wildman–Crippen MR) is 67.3 cm³/mol. The van der Waals surface area contributed by atoms with Gasteiger partial charge in [0.15, 0.2) is 0 Å². The smallest absolute Gasteiger partial charge is 0.259 e. The number of nitrogens with zero attached hydrogens (tertiary/aromatic N) is 1. The van der Waals surface area contributed by atoms with Crippen LogP contribution in [0, 0.1) is 0 Å². The lowest BCUT2D eigenvalue weighted by Crippen LogP contribution is -2.47. The molecule has 1 atom stereocenters. The molecule has 5 nitrogen and oxygen atoms in total. The topological polar surface area (TPSA) is 71.1 Å². The van der Waals surface area contributed by atoms with Crippen LogP contribution in [0.5, 0.6) is 0 Å². The lowest BCUT2D eigenvalue weighted by molar-refractivity contribution is -0.122. The Balaban J connectivity index is 1.96. The van der Waals surface area contributed by atoms with Crippen LogP contribution in [0.4, 0.5) is 0 Å². The Bertz CT molecular complexity index is 485. The quantitative estimate of drug-likeness (QED) is 0.474. The van der Waals surface area contributed by atoms with Crippen LogP contribution in [-0.2, 0) is 4.79 Å². The molecule has 1 aromatic heterocycles. The highest BCUT2D eigenvalue weighted by molar-refractivity contribution is 6.29. The van der Waals surface area contributed by atoms with Gasteiger partial charge in [-0.3, -0.25) is 14.9 Å². The number of rotatable bonds is 2. The summed E-state index contributed by atoms with van der Waals surface area (Å²) in [5.74, 6) is -0.806. The van der Waals surface area contributed by atoms with Crippen molar-refractivity contribution in [3.8, 4) is 0 Å². The number of carbonyl (C=O) groups excluding carboxylic acids is 2. The second-order valence-corrected chi connectivity index (χ2v) is 4.24. The Morgan fingerprint density at radius 1 is 1.39 bits per heavy atom. The highest BCUT2D eigenvalue weighted by atomic mass is 35.5. The maximum Gasteiger partial charge on any atom is 0.259 e. The van der Waals surface area contributed by atoms with Gasteiger partial charge < -0.3 is 5.32 Å². The van der Waals surface area contributed by atoms with Crippen LogP contribution in [0.3, 0.4) is 0 Å². The zero-order valence-electron chi connectivity index (χ0n) is 9.52. The molecule has 2 amide bonds. The van der Waals surface area contributed by atoms with E-state index >= 15 is 0 Å². The molecule has 2 heterocycles. The van der Waals surface area contributed by atoms with E-state index < -0.39 is 5.91 Å². The van der Waals surface area contributed by atoms with Gasteiger partial charge in [-0.2, -0.15) is 0 Å². The third kappa shape index (κ3) is 3.15. The molecule has 0 saturated carbocycles. The number of aromatic nitrogens is 1. The zero-order valence-corrected chi connectivity index (χ0v) is 10.3. The summed E-state index contributed by atoms with van der Waals surface area (Å²) in [5.41, 5.74) is 0.305. The maximum absolute atomic E-state index is 11.8. The van der Waals surface area contributed by atoms with Crippen LogP contribution < -0.4 is 10.6 Å². The summed E-state index contributed by atoms with van der Waals surface area (Å²) < 4.78 is 0. The average molecular weight is 266 g/mol. The third-order valence-electron chi connectivity index (χ3n) is 2.56. The molecule has 0 saturated heterocycles. The fraction of sp³-hybridized carbons (Fsp3) is 0.250. The van der Waals surface area contributed by atoms with Crippen LogP contribution in [0.25, 0.3) is 0 Å². The molecule has 1 aliphatic rings. The Hall–Kier alpha value is -1.72. The Kier molecular flexibility index (Phi) is 4.07. The van der Waals surface area contributed by atoms with E-state index in [0.717, 1.165) is 0 Å². The van der Waals surface area contributed by atoms with E-state index in [4.69, 9.17) is 11.6 Å². The van der Waals surface area contributed by atoms with Crippen LogP contribution in [-0.4, -0.2) is 29.4 Å². The molecule has 0 aromatic carbocycles. The standard InChI is InChI=1S/C12H12ClN3O2/c13-10-5-4-8(7-15-10)11(17)16-12(18)9-3-1-2-6-14-9/h1-2,4-5,7,9,14H,3,6H2,(H,16,17,18). The first kappa shape index (κ1) is 12.7. The third-order valence-corrected chi connectivity index (χ3v) is 2.79. The fourth-order valence-electron chi connectivity index (χ4n) is 1.59. The average Bonchev–Trinajstić information content (AvgIpc) is 2.40. The SMILES string of the molecule is O=C(NC(=O)C1CC=CCN1)c1ccc(Cl)nc1. The largest absolute Gasteiger partial charge is 0.302 e. The van der Waals surface area contributed by atoms with Gasteiger partial charge in [0.1, 0.15) is 5.15 Å². The Labute approximate surface area is 109 Å². The molecule has 2 rings (SSSR count). The molecule has 0 aliphatic carbocycles. The van der Waals surface area contributed by atoms with E-state index in [1.165, 1.54) is 18.3 Å². The highest BCUT2D eigenvalue weighted by Crippen LogP contribution is 2.05. The maximum atomic E-state index is 11.8. The van der Waals surface area contributed by atoms with Crippen molar-refractivity contribution in [2.45, 2.75) is 12.5 Å². The van der Waals surface area contributed by atoms with E-state index in [2.05, 4.69) is 15.6 Å². The molecule has 94 valence electrons. The summed E-state index contributed by atoms with van der Waals surface area (Å²) in [6.07, 6.45) is 5.76. The normalized spacial score (nSPS) is 18.4. The van der Waals surface area contributed by atoms with Crippen molar-refractivity contribution < 1.29 is 9.59 Å². The van der Waals surface area contributed by atoms with E-state index in [-0.39, 0.29) is 11.9 Å². The summed E-state index contributed by atoms with van der Waals surface area (Å²) in [7, 11) is 0. The van der Waals surface area contributed by atoms with E-state index in [1.807, 2.05) is 12.2 Å². The summed E-state index contributed by atoms with van der Waals surface area (Å²) in [6, 6.07) is 2.66. The van der Waals surface area contributed by atoms with Crippen molar-refractivity contribution in [2.24, 2.45) is 0 Å². The van der Waals surface area contributed by atoms with E-state index in [0.29, 0.717) is 23.7 Å². The van der Waals surface area contributed by atoms with Crippen molar-refractivity contribution >= 4 is 23.4 Å². The molecule has 1 unspecified atom stereocenters. The number of amides is 2. The van der Waals surface area contributed by atoms with E-state index in [1.54, 1.807) is 0 Å².